The van der Waals surface area contributed by atoms with Gasteiger partial charge in [-0.25, -0.2) is 9.78 Å². The van der Waals surface area contributed by atoms with Crippen LogP contribution in [-0.4, -0.2) is 62.7 Å². The smallest absolute Gasteiger partial charge is 0.322 e. The van der Waals surface area contributed by atoms with Gasteiger partial charge in [0, 0.05) is 74.8 Å². The first kappa shape index (κ1) is 31.9. The number of carbonyl (C=O) groups is 2. The Morgan fingerprint density at radius 2 is 1.83 bits per heavy atom. The van der Waals surface area contributed by atoms with Crippen molar-refractivity contribution in [3.8, 4) is 0 Å². The molecule has 7 rings (SSSR count). The molecule has 0 radical (unpaired) electrons. The Kier molecular flexibility index (Phi) is 8.71. The summed E-state index contributed by atoms with van der Waals surface area (Å²) in [5.74, 6) is 1.23. The molecule has 2 N–H and O–H groups in total. The summed E-state index contributed by atoms with van der Waals surface area (Å²) in [6, 6.07) is 17.1. The number of aromatic nitrogens is 2. The number of allylic oxidation sites excluding steroid dienone is 2. The molecule has 250 valence electrons. The van der Waals surface area contributed by atoms with Crippen molar-refractivity contribution in [1.82, 2.24) is 24.8 Å². The number of hydrogen-bond acceptors (Lipinski definition) is 5. The summed E-state index contributed by atoms with van der Waals surface area (Å²) in [5.41, 5.74) is 10.3. The lowest BCUT2D eigenvalue weighted by atomic mass is 9.83. The van der Waals surface area contributed by atoms with Gasteiger partial charge in [-0.05, 0) is 59.9 Å². The number of amides is 3. The molecule has 3 aliphatic heterocycles. The van der Waals surface area contributed by atoms with Crippen LogP contribution in [0.1, 0.15) is 81.8 Å². The monoisotopic (exact) mass is 645 g/mol. The second kappa shape index (κ2) is 13.1. The Hall–Kier alpha value is -4.66. The maximum Gasteiger partial charge on any atom is 0.322 e. The van der Waals surface area contributed by atoms with Crippen molar-refractivity contribution in [3.63, 3.8) is 0 Å². The molecule has 4 aliphatic rings. The predicted molar refractivity (Wildman–Crippen MR) is 190 cm³/mol. The average Bonchev–Trinajstić information content (AvgIpc) is 3.74. The quantitative estimate of drug-likeness (QED) is 0.289. The number of urea groups is 1. The largest absolute Gasteiger partial charge is 0.343 e. The van der Waals surface area contributed by atoms with Crippen LogP contribution >= 0.6 is 0 Å². The topological polar surface area (TPSA) is 94.9 Å². The highest BCUT2D eigenvalue weighted by molar-refractivity contribution is 5.92. The van der Waals surface area contributed by atoms with Crippen molar-refractivity contribution >= 4 is 23.8 Å². The molecule has 0 saturated carbocycles. The van der Waals surface area contributed by atoms with E-state index in [2.05, 4.69) is 90.6 Å². The van der Waals surface area contributed by atoms with Gasteiger partial charge in [-0.15, -0.1) is 0 Å². The number of hydrogen-bond donors (Lipinski definition) is 2. The van der Waals surface area contributed by atoms with Crippen molar-refractivity contribution in [2.45, 2.75) is 89.9 Å². The molecule has 48 heavy (non-hydrogen) atoms. The van der Waals surface area contributed by atoms with Gasteiger partial charge in [0.25, 0.3) is 0 Å². The maximum atomic E-state index is 14.0. The molecule has 0 bridgehead atoms. The molecule has 9 heteroatoms. The molecule has 1 aromatic heterocycles. The van der Waals surface area contributed by atoms with Crippen molar-refractivity contribution in [3.05, 3.63) is 107 Å². The van der Waals surface area contributed by atoms with Crippen molar-refractivity contribution in [2.75, 3.05) is 18.4 Å². The zero-order valence-corrected chi connectivity index (χ0v) is 28.5. The summed E-state index contributed by atoms with van der Waals surface area (Å²) in [7, 11) is 0. The summed E-state index contributed by atoms with van der Waals surface area (Å²) < 4.78 is 2.21. The predicted octanol–water partition coefficient (Wildman–Crippen LogP) is 6.59. The summed E-state index contributed by atoms with van der Waals surface area (Å²) in [6.45, 7) is 11.4. The van der Waals surface area contributed by atoms with Crippen LogP contribution in [0.25, 0.3) is 0 Å². The van der Waals surface area contributed by atoms with Crippen LogP contribution in [-0.2, 0) is 23.3 Å². The third kappa shape index (κ3) is 6.68. The van der Waals surface area contributed by atoms with E-state index in [1.54, 1.807) is 0 Å². The van der Waals surface area contributed by atoms with Crippen LogP contribution in [0.4, 0.5) is 10.5 Å². The minimum Gasteiger partial charge on any atom is -0.343 e. The molecule has 2 aromatic carbocycles. The van der Waals surface area contributed by atoms with Crippen molar-refractivity contribution < 1.29 is 9.59 Å². The third-order valence-corrected chi connectivity index (χ3v) is 10.5. The fraction of sp³-hybridized carbons (Fsp3) is 0.436. The summed E-state index contributed by atoms with van der Waals surface area (Å²) in [4.78, 5) is 35.8. The first-order chi connectivity index (χ1) is 23.1. The van der Waals surface area contributed by atoms with Gasteiger partial charge in [-0.2, -0.15) is 5.10 Å². The van der Waals surface area contributed by atoms with Crippen LogP contribution in [0.3, 0.4) is 0 Å². The molecule has 0 spiro atoms. The van der Waals surface area contributed by atoms with Crippen LogP contribution in [0.5, 0.6) is 0 Å². The minimum absolute atomic E-state index is 0.0488. The highest BCUT2D eigenvalue weighted by atomic mass is 16.2. The van der Waals surface area contributed by atoms with Crippen LogP contribution in [0.15, 0.2) is 89.3 Å². The fourth-order valence-corrected chi connectivity index (χ4v) is 7.68. The number of para-hydroxylation sites is 1. The first-order valence-electron chi connectivity index (χ1n) is 17.3. The van der Waals surface area contributed by atoms with E-state index >= 15 is 0 Å². The van der Waals surface area contributed by atoms with Gasteiger partial charge in [0.1, 0.15) is 5.82 Å². The lowest BCUT2D eigenvalue weighted by Gasteiger charge is -2.40. The van der Waals surface area contributed by atoms with E-state index in [4.69, 9.17) is 4.98 Å². The van der Waals surface area contributed by atoms with Gasteiger partial charge >= 0.3 is 6.03 Å². The molecular formula is C39H47N7O2. The number of piperidine rings is 1. The Morgan fingerprint density at radius 1 is 1.06 bits per heavy atom. The van der Waals surface area contributed by atoms with Gasteiger partial charge in [-0.1, -0.05) is 81.0 Å². The molecular weight excluding hydrogens is 598 g/mol. The SMILES string of the molecule is CC1=CC(CC(CC(=O)N2CCC(N3Cc4ccccc4NC3=O)CC2)c2nccn2Cc2ccc(C(C)(C)C)cc2)=CC2C=NNC12. The molecule has 9 nitrogen and oxygen atoms in total. The van der Waals surface area contributed by atoms with E-state index in [0.29, 0.717) is 32.6 Å². The second-order valence-corrected chi connectivity index (χ2v) is 14.9. The molecule has 3 aromatic rings. The maximum absolute atomic E-state index is 14.0. The minimum atomic E-state index is -0.0819. The Bertz CT molecular complexity index is 1750. The number of hydrazone groups is 1. The first-order valence-corrected chi connectivity index (χ1v) is 17.3. The number of benzene rings is 2. The average molecular weight is 646 g/mol. The van der Waals surface area contributed by atoms with E-state index < -0.39 is 0 Å². The molecule has 3 unspecified atom stereocenters. The van der Waals surface area contributed by atoms with E-state index in [9.17, 15) is 9.59 Å². The number of nitrogens with one attached hydrogen (secondary N) is 2. The normalized spacial score (nSPS) is 21.5. The number of rotatable bonds is 8. The van der Waals surface area contributed by atoms with E-state index in [-0.39, 0.29) is 41.3 Å². The number of imidazole rings is 1. The molecule has 1 saturated heterocycles. The van der Waals surface area contributed by atoms with E-state index in [0.717, 1.165) is 36.3 Å². The standard InChI is InChI=1S/C39H47N7O2/c1-26-19-28(21-31-23-41-43-36(26)31)20-30(37-40-15-18-45(37)24-27-9-11-32(12-10-27)39(2,3)4)22-35(47)44-16-13-33(14-17-44)46-25-29-7-5-6-8-34(29)42-38(46)48/h5-12,15,18-19,21,23,30-31,33,36,43H,13-14,16-17,20,22,24-25H2,1-4H3,(H,42,48). The Labute approximate surface area is 283 Å². The second-order valence-electron chi connectivity index (χ2n) is 14.9. The van der Waals surface area contributed by atoms with Crippen LogP contribution in [0.2, 0.25) is 0 Å². The van der Waals surface area contributed by atoms with Crippen LogP contribution < -0.4 is 10.7 Å². The Morgan fingerprint density at radius 3 is 2.60 bits per heavy atom. The van der Waals surface area contributed by atoms with Gasteiger partial charge in [0.15, 0.2) is 0 Å². The van der Waals surface area contributed by atoms with E-state index in [1.165, 1.54) is 22.3 Å². The Balaban J connectivity index is 1.07. The van der Waals surface area contributed by atoms with Gasteiger partial charge in [0.05, 0.1) is 6.04 Å². The van der Waals surface area contributed by atoms with E-state index in [1.807, 2.05) is 46.6 Å². The van der Waals surface area contributed by atoms with Gasteiger partial charge in [0.2, 0.25) is 5.91 Å². The number of anilines is 1. The van der Waals surface area contributed by atoms with Crippen LogP contribution in [0, 0.1) is 5.92 Å². The van der Waals surface area contributed by atoms with Gasteiger partial charge < -0.3 is 25.1 Å². The lowest BCUT2D eigenvalue weighted by molar-refractivity contribution is -0.133. The molecule has 4 heterocycles. The third-order valence-electron chi connectivity index (χ3n) is 10.5. The highest BCUT2D eigenvalue weighted by Crippen LogP contribution is 2.34. The summed E-state index contributed by atoms with van der Waals surface area (Å²) >= 11 is 0. The summed E-state index contributed by atoms with van der Waals surface area (Å²) in [6.07, 6.45) is 13.1. The number of carbonyl (C=O) groups excluding carboxylic acids is 2. The van der Waals surface area contributed by atoms with Crippen molar-refractivity contribution in [1.29, 1.82) is 0 Å². The number of likely N-dealkylation sites (tertiary alicyclic amines) is 1. The number of nitrogens with zero attached hydrogens (tertiary/aromatic N) is 5. The van der Waals surface area contributed by atoms with Gasteiger partial charge in [-0.3, -0.25) is 4.79 Å². The zero-order chi connectivity index (χ0) is 33.4. The molecule has 1 aliphatic carbocycles. The lowest BCUT2D eigenvalue weighted by Crippen LogP contribution is -2.51. The zero-order valence-electron chi connectivity index (χ0n) is 28.5. The number of fused-ring (bicyclic) bond motifs is 2. The molecule has 1 fully saturated rings. The highest BCUT2D eigenvalue weighted by Gasteiger charge is 2.34. The molecule has 3 atom stereocenters. The molecule has 3 amide bonds. The fourth-order valence-electron chi connectivity index (χ4n) is 7.68. The summed E-state index contributed by atoms with van der Waals surface area (Å²) in [5, 5.41) is 7.37. The van der Waals surface area contributed by atoms with Crippen molar-refractivity contribution in [2.24, 2.45) is 11.0 Å².